The highest BCUT2D eigenvalue weighted by Crippen LogP contribution is 2.26. The molecule has 0 atom stereocenters. The van der Waals surface area contributed by atoms with Crippen molar-refractivity contribution < 1.29 is 14.3 Å². The summed E-state index contributed by atoms with van der Waals surface area (Å²) in [7, 11) is 0. The summed E-state index contributed by atoms with van der Waals surface area (Å²) in [6, 6.07) is 5.29. The third-order valence-corrected chi connectivity index (χ3v) is 2.94. The average Bonchev–Trinajstić information content (AvgIpc) is 2.45. The van der Waals surface area contributed by atoms with Crippen LogP contribution in [0.1, 0.15) is 32.3 Å². The van der Waals surface area contributed by atoms with Crippen LogP contribution in [-0.2, 0) is 16.0 Å². The number of rotatable bonds is 5. The van der Waals surface area contributed by atoms with Gasteiger partial charge in [0, 0.05) is 12.1 Å². The number of carbonyl (C=O) groups excluding carboxylic acids is 2. The molecule has 22 heavy (non-hydrogen) atoms. The molecule has 0 saturated carbocycles. The van der Waals surface area contributed by atoms with Crippen LogP contribution in [0.15, 0.2) is 18.2 Å². The van der Waals surface area contributed by atoms with Crippen molar-refractivity contribution in [2.75, 3.05) is 11.9 Å². The first-order valence-corrected chi connectivity index (χ1v) is 7.25. The smallest absolute Gasteiger partial charge is 0.255 e. The fraction of sp³-hybridized carbons (Fsp3) is 0.438. The van der Waals surface area contributed by atoms with Crippen LogP contribution in [0.5, 0.6) is 5.75 Å². The van der Waals surface area contributed by atoms with Crippen LogP contribution < -0.4 is 15.8 Å². The molecule has 0 radical (unpaired) electrons. The molecule has 6 nitrogen and oxygen atoms in total. The van der Waals surface area contributed by atoms with Gasteiger partial charge in [-0.05, 0) is 48.7 Å². The fourth-order valence-electron chi connectivity index (χ4n) is 1.84. The van der Waals surface area contributed by atoms with Crippen LogP contribution in [0.2, 0.25) is 0 Å². The summed E-state index contributed by atoms with van der Waals surface area (Å²) in [5.41, 5.74) is 6.80. The second kappa shape index (κ2) is 8.81. The number of hydrogen-bond acceptors (Lipinski definition) is 4. The van der Waals surface area contributed by atoms with Gasteiger partial charge in [0.1, 0.15) is 5.75 Å². The highest BCUT2D eigenvalue weighted by molar-refractivity contribution is 5.94. The molecule has 2 rings (SSSR count). The molecule has 1 aliphatic rings. The van der Waals surface area contributed by atoms with Gasteiger partial charge in [0.2, 0.25) is 5.91 Å². The number of fused-ring (bicyclic) bond motifs is 1. The summed E-state index contributed by atoms with van der Waals surface area (Å²) in [6.07, 6.45) is 3.53. The number of primary amides is 1. The van der Waals surface area contributed by atoms with Crippen molar-refractivity contribution in [3.05, 3.63) is 23.8 Å². The zero-order chi connectivity index (χ0) is 16.5. The van der Waals surface area contributed by atoms with Gasteiger partial charge in [-0.1, -0.05) is 13.8 Å². The van der Waals surface area contributed by atoms with Gasteiger partial charge < -0.3 is 21.2 Å². The molecule has 1 aromatic carbocycles. The lowest BCUT2D eigenvalue weighted by molar-refractivity contribution is -0.120. The predicted octanol–water partition coefficient (Wildman–Crippen LogP) is 2.12. The van der Waals surface area contributed by atoms with Gasteiger partial charge in [-0.15, -0.1) is 0 Å². The molecule has 1 aliphatic heterocycles. The number of anilines is 1. The maximum absolute atomic E-state index is 11.1. The van der Waals surface area contributed by atoms with E-state index in [1.54, 1.807) is 12.1 Å². The molecular weight excluding hydrogens is 282 g/mol. The van der Waals surface area contributed by atoms with Gasteiger partial charge in [0.25, 0.3) is 5.91 Å². The Morgan fingerprint density at radius 2 is 2.18 bits per heavy atom. The van der Waals surface area contributed by atoms with Crippen molar-refractivity contribution >= 4 is 23.7 Å². The van der Waals surface area contributed by atoms with Gasteiger partial charge in [0.05, 0.1) is 0 Å². The summed E-state index contributed by atoms with van der Waals surface area (Å²) in [5.74, 6) is 0.764. The zero-order valence-corrected chi connectivity index (χ0v) is 13.0. The lowest BCUT2D eigenvalue weighted by Gasteiger charge is -2.17. The first kappa shape index (κ1) is 17.7. The Morgan fingerprint density at radius 3 is 2.73 bits per heavy atom. The molecular formula is C16H23N3O3. The topological polar surface area (TPSA) is 105 Å². The first-order valence-electron chi connectivity index (χ1n) is 7.25. The fourth-order valence-corrected chi connectivity index (χ4v) is 1.84. The van der Waals surface area contributed by atoms with Crippen LogP contribution >= 0.6 is 0 Å². The van der Waals surface area contributed by atoms with Gasteiger partial charge in [-0.25, -0.2) is 0 Å². The van der Waals surface area contributed by atoms with E-state index in [0.29, 0.717) is 24.5 Å². The van der Waals surface area contributed by atoms with E-state index in [4.69, 9.17) is 15.9 Å². The Kier molecular flexibility index (Phi) is 7.08. The Balaban J connectivity index is 0.000000346. The monoisotopic (exact) mass is 305 g/mol. The Morgan fingerprint density at radius 1 is 1.45 bits per heavy atom. The minimum Gasteiger partial charge on any atom is -0.484 e. The molecule has 0 spiro atoms. The minimum absolute atomic E-state index is 0.0262. The highest BCUT2D eigenvalue weighted by Gasteiger charge is 2.15. The molecule has 0 bridgehead atoms. The molecule has 120 valence electrons. The molecule has 4 N–H and O–H groups in total. The number of benzene rings is 1. The van der Waals surface area contributed by atoms with Crippen LogP contribution in [0.3, 0.4) is 0 Å². The van der Waals surface area contributed by atoms with E-state index in [2.05, 4.69) is 19.2 Å². The van der Waals surface area contributed by atoms with Gasteiger partial charge in [-0.3, -0.25) is 9.59 Å². The van der Waals surface area contributed by atoms with Crippen LogP contribution in [0.4, 0.5) is 5.69 Å². The Hall–Kier alpha value is -2.37. The number of carbonyl (C=O) groups is 2. The molecule has 2 amide bonds. The van der Waals surface area contributed by atoms with E-state index < -0.39 is 5.91 Å². The van der Waals surface area contributed by atoms with E-state index in [1.807, 2.05) is 6.07 Å². The maximum Gasteiger partial charge on any atom is 0.255 e. The van der Waals surface area contributed by atoms with Crippen molar-refractivity contribution in [3.8, 4) is 5.75 Å². The first-order chi connectivity index (χ1) is 10.4. The predicted molar refractivity (Wildman–Crippen MR) is 86.3 cm³/mol. The van der Waals surface area contributed by atoms with Gasteiger partial charge >= 0.3 is 0 Å². The second-order valence-electron chi connectivity index (χ2n) is 5.46. The minimum atomic E-state index is -0.508. The summed E-state index contributed by atoms with van der Waals surface area (Å²) >= 11 is 0. The number of nitrogens with one attached hydrogen (secondary N) is 2. The van der Waals surface area contributed by atoms with Crippen LogP contribution in [0, 0.1) is 11.3 Å². The molecule has 1 heterocycles. The van der Waals surface area contributed by atoms with Crippen LogP contribution in [0.25, 0.3) is 0 Å². The quantitative estimate of drug-likeness (QED) is 0.725. The van der Waals surface area contributed by atoms with E-state index in [0.717, 1.165) is 17.7 Å². The van der Waals surface area contributed by atoms with Crippen molar-refractivity contribution in [2.45, 2.75) is 33.1 Å². The van der Waals surface area contributed by atoms with E-state index in [1.165, 1.54) is 6.21 Å². The lowest BCUT2D eigenvalue weighted by atomic mass is 10.0. The number of amides is 2. The van der Waals surface area contributed by atoms with Crippen molar-refractivity contribution in [3.63, 3.8) is 0 Å². The SMILES string of the molecule is CC(C)CC=N.NC(=O)COc1ccc2c(c1)CCC(=O)N2. The summed E-state index contributed by atoms with van der Waals surface area (Å²) in [5, 5.41) is 9.37. The van der Waals surface area contributed by atoms with Gasteiger partial charge in [0.15, 0.2) is 6.61 Å². The average molecular weight is 305 g/mol. The number of hydrogen-bond donors (Lipinski definition) is 3. The van der Waals surface area contributed by atoms with E-state index in [-0.39, 0.29) is 12.5 Å². The van der Waals surface area contributed by atoms with Crippen LogP contribution in [-0.4, -0.2) is 24.6 Å². The van der Waals surface area contributed by atoms with Crippen molar-refractivity contribution in [1.82, 2.24) is 0 Å². The van der Waals surface area contributed by atoms with E-state index >= 15 is 0 Å². The maximum atomic E-state index is 11.1. The molecule has 0 aromatic heterocycles. The summed E-state index contributed by atoms with van der Waals surface area (Å²) in [4.78, 5) is 21.7. The molecule has 1 aromatic rings. The van der Waals surface area contributed by atoms with Crippen molar-refractivity contribution in [2.24, 2.45) is 11.7 Å². The molecule has 0 aliphatic carbocycles. The third-order valence-electron chi connectivity index (χ3n) is 2.94. The second-order valence-corrected chi connectivity index (χ2v) is 5.46. The third kappa shape index (κ3) is 6.39. The van der Waals surface area contributed by atoms with Gasteiger partial charge in [-0.2, -0.15) is 0 Å². The van der Waals surface area contributed by atoms with E-state index in [9.17, 15) is 9.59 Å². The molecule has 0 fully saturated rings. The molecule has 0 saturated heterocycles. The van der Waals surface area contributed by atoms with Crippen molar-refractivity contribution in [1.29, 1.82) is 5.41 Å². The highest BCUT2D eigenvalue weighted by atomic mass is 16.5. The summed E-state index contributed by atoms with van der Waals surface area (Å²) in [6.45, 7) is 4.07. The molecule has 6 heteroatoms. The largest absolute Gasteiger partial charge is 0.484 e. The normalized spacial score (nSPS) is 12.6. The Bertz CT molecular complexity index is 541. The number of nitrogens with two attached hydrogens (primary N) is 1. The molecule has 0 unspecified atom stereocenters. The zero-order valence-electron chi connectivity index (χ0n) is 13.0. The Labute approximate surface area is 130 Å². The standard InChI is InChI=1S/C11H12N2O3.C5H11N/c12-10(14)6-16-8-2-3-9-7(5-8)1-4-11(15)13-9;1-5(2)3-4-6/h2-3,5H,1,4,6H2,(H2,12,14)(H,13,15);4-6H,3H2,1-2H3. The number of aryl methyl sites for hydroxylation is 1. The summed E-state index contributed by atoms with van der Waals surface area (Å²) < 4.78 is 5.17. The lowest BCUT2D eigenvalue weighted by Crippen LogP contribution is -2.21. The number of ether oxygens (including phenoxy) is 1.